The fourth-order valence-corrected chi connectivity index (χ4v) is 2.31. The SMILES string of the molecule is OB(O)O.c1ccc([C](c2ccccc2)c2ccccc2)cc1. The van der Waals surface area contributed by atoms with Gasteiger partial charge in [-0.3, -0.25) is 0 Å². The second-order valence-electron chi connectivity index (χ2n) is 4.82. The lowest BCUT2D eigenvalue weighted by molar-refractivity contribution is 0.278. The lowest BCUT2D eigenvalue weighted by atomic mass is 9.85. The van der Waals surface area contributed by atoms with E-state index in [1.807, 2.05) is 0 Å². The average Bonchev–Trinajstić information content (AvgIpc) is 2.58. The molecule has 0 aromatic heterocycles. The maximum atomic E-state index is 7.17. The highest BCUT2D eigenvalue weighted by molar-refractivity contribution is 6.30. The van der Waals surface area contributed by atoms with E-state index >= 15 is 0 Å². The van der Waals surface area contributed by atoms with Crippen molar-refractivity contribution >= 4 is 7.32 Å². The van der Waals surface area contributed by atoms with Crippen LogP contribution in [0.25, 0.3) is 0 Å². The molecule has 3 aromatic carbocycles. The maximum Gasteiger partial charge on any atom is 0.631 e. The van der Waals surface area contributed by atoms with Crippen molar-refractivity contribution < 1.29 is 15.1 Å². The van der Waals surface area contributed by atoms with E-state index in [1.165, 1.54) is 22.6 Å². The number of hydrogen-bond acceptors (Lipinski definition) is 3. The van der Waals surface area contributed by atoms with Crippen LogP contribution in [0, 0.1) is 5.92 Å². The molecule has 0 atom stereocenters. The Morgan fingerprint density at radius 3 is 0.913 bits per heavy atom. The quantitative estimate of drug-likeness (QED) is 0.515. The number of benzene rings is 3. The largest absolute Gasteiger partial charge is 0.631 e. The molecule has 0 aliphatic carbocycles. The van der Waals surface area contributed by atoms with E-state index in [0.29, 0.717) is 0 Å². The van der Waals surface area contributed by atoms with E-state index < -0.39 is 7.32 Å². The van der Waals surface area contributed by atoms with Crippen LogP contribution in [-0.2, 0) is 0 Å². The first-order chi connectivity index (χ1) is 11.2. The highest BCUT2D eigenvalue weighted by atomic mass is 16.5. The van der Waals surface area contributed by atoms with Crippen LogP contribution in [-0.4, -0.2) is 22.4 Å². The summed E-state index contributed by atoms with van der Waals surface area (Å²) in [5.74, 6) is 1.28. The second kappa shape index (κ2) is 8.91. The standard InChI is InChI=1S/C19H15.BH3O3/c1-4-10-16(11-5-1)19(17-12-6-2-7-13-17)18-14-8-3-9-15-18;2-1(3)4/h1-15H;2-4H. The van der Waals surface area contributed by atoms with E-state index in [1.54, 1.807) is 0 Å². The zero-order valence-corrected chi connectivity index (χ0v) is 12.6. The third-order valence-electron chi connectivity index (χ3n) is 3.19. The van der Waals surface area contributed by atoms with E-state index in [2.05, 4.69) is 91.0 Å². The number of rotatable bonds is 3. The Balaban J connectivity index is 0.000000433. The van der Waals surface area contributed by atoms with Crippen LogP contribution in [0.4, 0.5) is 0 Å². The van der Waals surface area contributed by atoms with Crippen molar-refractivity contribution in [1.29, 1.82) is 0 Å². The third-order valence-corrected chi connectivity index (χ3v) is 3.19. The fourth-order valence-electron chi connectivity index (χ4n) is 2.31. The van der Waals surface area contributed by atoms with Gasteiger partial charge in [0.2, 0.25) is 0 Å². The molecule has 0 aliphatic rings. The molecular formula is C19H18BO3. The average molecular weight is 305 g/mol. The molecule has 0 saturated carbocycles. The zero-order chi connectivity index (χ0) is 16.5. The summed E-state index contributed by atoms with van der Waals surface area (Å²) in [6, 6.07) is 31.6. The van der Waals surface area contributed by atoms with Gasteiger partial charge in [-0.1, -0.05) is 91.0 Å². The van der Waals surface area contributed by atoms with Gasteiger partial charge in [0.25, 0.3) is 0 Å². The molecule has 23 heavy (non-hydrogen) atoms. The summed E-state index contributed by atoms with van der Waals surface area (Å²) in [5.41, 5.74) is 3.75. The van der Waals surface area contributed by atoms with Crippen molar-refractivity contribution in [3.8, 4) is 0 Å². The van der Waals surface area contributed by atoms with Crippen molar-refractivity contribution in [1.82, 2.24) is 0 Å². The molecule has 0 aliphatic heterocycles. The molecule has 3 rings (SSSR count). The van der Waals surface area contributed by atoms with E-state index in [9.17, 15) is 0 Å². The van der Waals surface area contributed by atoms with Crippen molar-refractivity contribution in [3.05, 3.63) is 114 Å². The molecule has 115 valence electrons. The highest BCUT2D eigenvalue weighted by Crippen LogP contribution is 2.30. The Morgan fingerprint density at radius 1 is 0.478 bits per heavy atom. The fraction of sp³-hybridized carbons (Fsp3) is 0. The van der Waals surface area contributed by atoms with E-state index in [0.717, 1.165) is 0 Å². The van der Waals surface area contributed by atoms with Gasteiger partial charge >= 0.3 is 7.32 Å². The van der Waals surface area contributed by atoms with Crippen LogP contribution in [0.15, 0.2) is 91.0 Å². The monoisotopic (exact) mass is 305 g/mol. The zero-order valence-electron chi connectivity index (χ0n) is 12.6. The molecule has 0 amide bonds. The lowest BCUT2D eigenvalue weighted by Gasteiger charge is -2.17. The topological polar surface area (TPSA) is 60.7 Å². The van der Waals surface area contributed by atoms with Crippen LogP contribution in [0.3, 0.4) is 0 Å². The van der Waals surface area contributed by atoms with Gasteiger partial charge in [0.05, 0.1) is 5.92 Å². The smallest absolute Gasteiger partial charge is 0.402 e. The molecular weight excluding hydrogens is 287 g/mol. The van der Waals surface area contributed by atoms with E-state index in [-0.39, 0.29) is 0 Å². The molecule has 0 spiro atoms. The summed E-state index contributed by atoms with van der Waals surface area (Å²) in [6.07, 6.45) is 0. The first-order valence-electron chi connectivity index (χ1n) is 7.26. The van der Waals surface area contributed by atoms with Gasteiger partial charge < -0.3 is 15.1 Å². The molecule has 3 nitrogen and oxygen atoms in total. The Kier molecular flexibility index (Phi) is 6.57. The first kappa shape index (κ1) is 17.0. The third kappa shape index (κ3) is 5.38. The first-order valence-corrected chi connectivity index (χ1v) is 7.26. The van der Waals surface area contributed by atoms with Crippen molar-refractivity contribution in [2.45, 2.75) is 0 Å². The van der Waals surface area contributed by atoms with Gasteiger partial charge in [-0.2, -0.15) is 0 Å². The van der Waals surface area contributed by atoms with Crippen LogP contribution in [0.1, 0.15) is 16.7 Å². The highest BCUT2D eigenvalue weighted by Gasteiger charge is 2.16. The molecule has 3 N–H and O–H groups in total. The molecule has 4 heteroatoms. The van der Waals surface area contributed by atoms with Crippen LogP contribution in [0.2, 0.25) is 0 Å². The van der Waals surface area contributed by atoms with Gasteiger partial charge in [0, 0.05) is 0 Å². The summed E-state index contributed by atoms with van der Waals surface area (Å²) in [5, 5.41) is 21.5. The maximum absolute atomic E-state index is 7.17. The van der Waals surface area contributed by atoms with Gasteiger partial charge in [-0.25, -0.2) is 0 Å². The van der Waals surface area contributed by atoms with Gasteiger partial charge in [0.15, 0.2) is 0 Å². The van der Waals surface area contributed by atoms with E-state index in [4.69, 9.17) is 15.1 Å². The summed E-state index contributed by atoms with van der Waals surface area (Å²) in [7, 11) is -2.17. The van der Waals surface area contributed by atoms with Gasteiger partial charge in [-0.05, 0) is 16.7 Å². The lowest BCUT2D eigenvalue weighted by Crippen LogP contribution is -2.07. The van der Waals surface area contributed by atoms with Crippen LogP contribution >= 0.6 is 0 Å². The normalized spacial score (nSPS) is 9.91. The minimum Gasteiger partial charge on any atom is -0.402 e. The predicted molar refractivity (Wildman–Crippen MR) is 92.3 cm³/mol. The summed E-state index contributed by atoms with van der Waals surface area (Å²) >= 11 is 0. The molecule has 0 saturated heterocycles. The minimum absolute atomic E-state index is 1.25. The van der Waals surface area contributed by atoms with Crippen LogP contribution < -0.4 is 0 Å². The summed E-state index contributed by atoms with van der Waals surface area (Å²) in [6.45, 7) is 0. The Bertz CT molecular complexity index is 576. The molecule has 0 fully saturated rings. The van der Waals surface area contributed by atoms with Crippen LogP contribution in [0.5, 0.6) is 0 Å². The molecule has 0 heterocycles. The minimum atomic E-state index is -2.17. The van der Waals surface area contributed by atoms with Gasteiger partial charge in [0.1, 0.15) is 0 Å². The molecule has 1 radical (unpaired) electrons. The predicted octanol–water partition coefficient (Wildman–Crippen LogP) is 2.65. The van der Waals surface area contributed by atoms with Gasteiger partial charge in [-0.15, -0.1) is 0 Å². The second-order valence-corrected chi connectivity index (χ2v) is 4.82. The molecule has 3 aromatic rings. The Hall–Kier alpha value is -2.40. The van der Waals surface area contributed by atoms with Crippen molar-refractivity contribution in [2.24, 2.45) is 0 Å². The molecule has 0 bridgehead atoms. The summed E-state index contributed by atoms with van der Waals surface area (Å²) in [4.78, 5) is 0. The van der Waals surface area contributed by atoms with Crippen molar-refractivity contribution in [3.63, 3.8) is 0 Å². The van der Waals surface area contributed by atoms with Crippen molar-refractivity contribution in [2.75, 3.05) is 0 Å². The Labute approximate surface area is 136 Å². The Morgan fingerprint density at radius 2 is 0.696 bits per heavy atom. The molecule has 0 unspecified atom stereocenters. The summed E-state index contributed by atoms with van der Waals surface area (Å²) < 4.78 is 0. The number of hydrogen-bond donors (Lipinski definition) is 3.